The molecule has 1 aromatic heterocycles. The lowest BCUT2D eigenvalue weighted by molar-refractivity contribution is 0.406. The zero-order valence-corrected chi connectivity index (χ0v) is 12.0. The first-order valence-corrected chi connectivity index (χ1v) is 6.56. The maximum Gasteiger partial charge on any atom is 0.141 e. The number of rotatable bonds is 5. The van der Waals surface area contributed by atoms with E-state index in [1.54, 1.807) is 13.2 Å². The molecule has 1 heterocycles. The molecule has 0 spiro atoms. The van der Waals surface area contributed by atoms with Crippen molar-refractivity contribution >= 4 is 0 Å². The van der Waals surface area contributed by atoms with E-state index in [-0.39, 0.29) is 11.9 Å². The maximum absolute atomic E-state index is 12.9. The molecule has 1 unspecified atom stereocenters. The SMILES string of the molecule is CNC(Cc1cc(C)ccc1OC)c1ccc(F)cn1. The van der Waals surface area contributed by atoms with Crippen molar-refractivity contribution in [1.29, 1.82) is 0 Å². The number of ether oxygens (including phenoxy) is 1. The van der Waals surface area contributed by atoms with Gasteiger partial charge in [-0.2, -0.15) is 0 Å². The summed E-state index contributed by atoms with van der Waals surface area (Å²) in [4.78, 5) is 4.15. The third-order valence-electron chi connectivity index (χ3n) is 3.32. The fourth-order valence-electron chi connectivity index (χ4n) is 2.23. The highest BCUT2D eigenvalue weighted by molar-refractivity contribution is 5.38. The highest BCUT2D eigenvalue weighted by Crippen LogP contribution is 2.25. The van der Waals surface area contributed by atoms with Crippen molar-refractivity contribution in [2.45, 2.75) is 19.4 Å². The van der Waals surface area contributed by atoms with Crippen LogP contribution in [0.3, 0.4) is 0 Å². The standard InChI is InChI=1S/C16H19FN2O/c1-11-4-7-16(20-3)12(8-11)9-15(18-2)14-6-5-13(17)10-19-14/h4-8,10,15,18H,9H2,1-3H3. The Morgan fingerprint density at radius 2 is 2.10 bits per heavy atom. The average molecular weight is 274 g/mol. The summed E-state index contributed by atoms with van der Waals surface area (Å²) in [6, 6.07) is 9.25. The summed E-state index contributed by atoms with van der Waals surface area (Å²) in [6.07, 6.45) is 1.98. The molecule has 0 bridgehead atoms. The van der Waals surface area contributed by atoms with Crippen LogP contribution < -0.4 is 10.1 Å². The van der Waals surface area contributed by atoms with E-state index in [4.69, 9.17) is 4.74 Å². The minimum absolute atomic E-state index is 0.0197. The van der Waals surface area contributed by atoms with Gasteiger partial charge in [-0.1, -0.05) is 17.7 Å². The minimum Gasteiger partial charge on any atom is -0.496 e. The molecule has 0 aliphatic heterocycles. The molecule has 1 atom stereocenters. The molecule has 0 aliphatic carbocycles. The molecule has 20 heavy (non-hydrogen) atoms. The minimum atomic E-state index is -0.322. The Bertz CT molecular complexity index is 569. The molecule has 0 aliphatic rings. The molecule has 0 saturated heterocycles. The van der Waals surface area contributed by atoms with Crippen LogP contribution in [0.15, 0.2) is 36.5 Å². The first kappa shape index (κ1) is 14.5. The average Bonchev–Trinajstić information content (AvgIpc) is 2.46. The van der Waals surface area contributed by atoms with Gasteiger partial charge in [-0.3, -0.25) is 4.98 Å². The molecule has 0 amide bonds. The van der Waals surface area contributed by atoms with Crippen molar-refractivity contribution in [3.8, 4) is 5.75 Å². The molecular weight excluding hydrogens is 255 g/mol. The number of aromatic nitrogens is 1. The van der Waals surface area contributed by atoms with Crippen LogP contribution in [0.4, 0.5) is 4.39 Å². The summed E-state index contributed by atoms with van der Waals surface area (Å²) in [7, 11) is 3.54. The fourth-order valence-corrected chi connectivity index (χ4v) is 2.23. The second kappa shape index (κ2) is 6.48. The molecule has 0 radical (unpaired) electrons. The highest BCUT2D eigenvalue weighted by Gasteiger charge is 2.14. The Kier molecular flexibility index (Phi) is 4.69. The summed E-state index contributed by atoms with van der Waals surface area (Å²) in [5.41, 5.74) is 3.11. The molecule has 0 saturated carbocycles. The number of pyridine rings is 1. The first-order chi connectivity index (χ1) is 9.63. The van der Waals surface area contributed by atoms with E-state index in [1.807, 2.05) is 26.1 Å². The van der Waals surface area contributed by atoms with Crippen molar-refractivity contribution in [3.63, 3.8) is 0 Å². The van der Waals surface area contributed by atoms with Gasteiger partial charge >= 0.3 is 0 Å². The molecule has 1 N–H and O–H groups in total. The second-order valence-corrected chi connectivity index (χ2v) is 4.76. The lowest BCUT2D eigenvalue weighted by atomic mass is 10.0. The molecule has 106 valence electrons. The fraction of sp³-hybridized carbons (Fsp3) is 0.312. The Balaban J connectivity index is 2.26. The van der Waals surface area contributed by atoms with E-state index in [9.17, 15) is 4.39 Å². The molecule has 2 aromatic rings. The Hall–Kier alpha value is -1.94. The van der Waals surface area contributed by atoms with Crippen molar-refractivity contribution in [1.82, 2.24) is 10.3 Å². The van der Waals surface area contributed by atoms with Crippen molar-refractivity contribution in [2.24, 2.45) is 0 Å². The monoisotopic (exact) mass is 274 g/mol. The van der Waals surface area contributed by atoms with Crippen LogP contribution in [0.1, 0.15) is 22.9 Å². The van der Waals surface area contributed by atoms with Gasteiger partial charge in [0, 0.05) is 0 Å². The zero-order valence-electron chi connectivity index (χ0n) is 12.0. The number of methoxy groups -OCH3 is 1. The molecular formula is C16H19FN2O. The van der Waals surface area contributed by atoms with Gasteiger partial charge in [0.15, 0.2) is 0 Å². The third-order valence-corrected chi connectivity index (χ3v) is 3.32. The summed E-state index contributed by atoms with van der Waals surface area (Å²) in [5.74, 6) is 0.537. The summed E-state index contributed by atoms with van der Waals surface area (Å²) >= 11 is 0. The zero-order chi connectivity index (χ0) is 14.5. The van der Waals surface area contributed by atoms with Crippen LogP contribution in [-0.2, 0) is 6.42 Å². The number of hydrogen-bond donors (Lipinski definition) is 1. The van der Waals surface area contributed by atoms with Gasteiger partial charge in [0.1, 0.15) is 11.6 Å². The quantitative estimate of drug-likeness (QED) is 0.910. The Morgan fingerprint density at radius 3 is 2.70 bits per heavy atom. The molecule has 4 heteroatoms. The number of hydrogen-bond acceptors (Lipinski definition) is 3. The van der Waals surface area contributed by atoms with Crippen LogP contribution >= 0.6 is 0 Å². The second-order valence-electron chi connectivity index (χ2n) is 4.76. The van der Waals surface area contributed by atoms with Gasteiger partial charge < -0.3 is 10.1 Å². The normalized spacial score (nSPS) is 12.2. The summed E-state index contributed by atoms with van der Waals surface area (Å²) in [5, 5.41) is 3.22. The number of halogens is 1. The van der Waals surface area contributed by atoms with Gasteiger partial charge in [0.25, 0.3) is 0 Å². The first-order valence-electron chi connectivity index (χ1n) is 6.56. The van der Waals surface area contributed by atoms with E-state index in [0.29, 0.717) is 0 Å². The molecule has 0 fully saturated rings. The van der Waals surface area contributed by atoms with Gasteiger partial charge in [-0.05, 0) is 44.2 Å². The Morgan fingerprint density at radius 1 is 1.30 bits per heavy atom. The van der Waals surface area contributed by atoms with Crippen LogP contribution in [0.25, 0.3) is 0 Å². The highest BCUT2D eigenvalue weighted by atomic mass is 19.1. The van der Waals surface area contributed by atoms with Crippen molar-refractivity contribution in [2.75, 3.05) is 14.2 Å². The van der Waals surface area contributed by atoms with Crippen LogP contribution in [0, 0.1) is 12.7 Å². The predicted octanol–water partition coefficient (Wildman–Crippen LogP) is 3.04. The number of likely N-dealkylation sites (N-methyl/N-ethyl adjacent to an activating group) is 1. The van der Waals surface area contributed by atoms with Gasteiger partial charge in [-0.25, -0.2) is 4.39 Å². The predicted molar refractivity (Wildman–Crippen MR) is 77.4 cm³/mol. The lowest BCUT2D eigenvalue weighted by Crippen LogP contribution is -2.20. The lowest BCUT2D eigenvalue weighted by Gasteiger charge is -2.18. The smallest absolute Gasteiger partial charge is 0.141 e. The Labute approximate surface area is 118 Å². The number of nitrogens with one attached hydrogen (secondary N) is 1. The third kappa shape index (κ3) is 3.33. The van der Waals surface area contributed by atoms with Crippen LogP contribution in [-0.4, -0.2) is 19.1 Å². The van der Waals surface area contributed by atoms with Gasteiger partial charge in [0.05, 0.1) is 25.0 Å². The molecule has 3 nitrogen and oxygen atoms in total. The van der Waals surface area contributed by atoms with Gasteiger partial charge in [-0.15, -0.1) is 0 Å². The van der Waals surface area contributed by atoms with Crippen molar-refractivity contribution < 1.29 is 9.13 Å². The molecule has 2 rings (SSSR count). The maximum atomic E-state index is 12.9. The van der Waals surface area contributed by atoms with Gasteiger partial charge in [0.2, 0.25) is 0 Å². The van der Waals surface area contributed by atoms with E-state index < -0.39 is 0 Å². The summed E-state index contributed by atoms with van der Waals surface area (Å²) in [6.45, 7) is 2.05. The number of nitrogens with zero attached hydrogens (tertiary/aromatic N) is 1. The van der Waals surface area contributed by atoms with Crippen molar-refractivity contribution in [3.05, 3.63) is 59.2 Å². The topological polar surface area (TPSA) is 34.1 Å². The number of benzene rings is 1. The van der Waals surface area contributed by atoms with Crippen LogP contribution in [0.2, 0.25) is 0 Å². The largest absolute Gasteiger partial charge is 0.496 e. The summed E-state index contributed by atoms with van der Waals surface area (Å²) < 4.78 is 18.3. The molecule has 1 aromatic carbocycles. The van der Waals surface area contributed by atoms with E-state index in [2.05, 4.69) is 16.4 Å². The van der Waals surface area contributed by atoms with E-state index in [0.717, 1.165) is 23.4 Å². The number of aryl methyl sites for hydroxylation is 1. The van der Waals surface area contributed by atoms with E-state index in [1.165, 1.54) is 17.8 Å². The van der Waals surface area contributed by atoms with Crippen LogP contribution in [0.5, 0.6) is 5.75 Å². The van der Waals surface area contributed by atoms with E-state index >= 15 is 0 Å².